The molecule has 0 radical (unpaired) electrons. The van der Waals surface area contributed by atoms with E-state index in [1.165, 1.54) is 6.07 Å². The number of rotatable bonds is 4. The van der Waals surface area contributed by atoms with Gasteiger partial charge in [0.05, 0.1) is 6.54 Å². The molecular weight excluding hydrogens is 297 g/mol. The molecule has 1 aliphatic heterocycles. The second-order valence-corrected chi connectivity index (χ2v) is 6.35. The van der Waals surface area contributed by atoms with Crippen LogP contribution in [0.4, 0.5) is 9.18 Å². The lowest BCUT2D eigenvalue weighted by Gasteiger charge is -2.38. The Hall–Kier alpha value is -2.11. The van der Waals surface area contributed by atoms with Crippen LogP contribution < -0.4 is 5.32 Å². The first-order valence-corrected chi connectivity index (χ1v) is 8.12. The molecule has 1 heterocycles. The van der Waals surface area contributed by atoms with Crippen LogP contribution >= 0.6 is 0 Å². The Morgan fingerprint density at radius 1 is 1.35 bits per heavy atom. The Kier molecular flexibility index (Phi) is 4.50. The molecule has 1 aromatic carbocycles. The summed E-state index contributed by atoms with van der Waals surface area (Å²) >= 11 is 0. The van der Waals surface area contributed by atoms with Crippen LogP contribution in [-0.4, -0.2) is 47.4 Å². The highest BCUT2D eigenvalue weighted by Gasteiger charge is 2.34. The van der Waals surface area contributed by atoms with Crippen LogP contribution in [0.3, 0.4) is 0 Å². The highest BCUT2D eigenvalue weighted by atomic mass is 19.1. The van der Waals surface area contributed by atoms with Gasteiger partial charge in [0.1, 0.15) is 11.9 Å². The van der Waals surface area contributed by atoms with Crippen molar-refractivity contribution >= 4 is 11.9 Å². The maximum atomic E-state index is 13.9. The van der Waals surface area contributed by atoms with Gasteiger partial charge in [-0.25, -0.2) is 9.18 Å². The van der Waals surface area contributed by atoms with Crippen LogP contribution in [0.2, 0.25) is 0 Å². The molecule has 0 unspecified atom stereocenters. The van der Waals surface area contributed by atoms with Gasteiger partial charge in [-0.05, 0) is 31.7 Å². The molecule has 0 bridgehead atoms. The standard InChI is InChI=1S/C17H22FN3O2/c1-20-10-9-15(16(20)22)19-17(23)21(13-6-4-7-13)11-12-5-2-3-8-14(12)18/h2-3,5,8,13,15H,4,6-7,9-11H2,1H3,(H,19,23)/t15-/m0/s1. The molecule has 2 aliphatic rings. The van der Waals surface area contributed by atoms with Gasteiger partial charge in [-0.2, -0.15) is 0 Å². The van der Waals surface area contributed by atoms with Gasteiger partial charge in [-0.3, -0.25) is 4.79 Å². The summed E-state index contributed by atoms with van der Waals surface area (Å²) in [6.07, 6.45) is 3.57. The number of carbonyl (C=O) groups is 2. The Labute approximate surface area is 135 Å². The molecule has 2 fully saturated rings. The maximum absolute atomic E-state index is 13.9. The zero-order chi connectivity index (χ0) is 16.4. The van der Waals surface area contributed by atoms with Crippen LogP contribution in [-0.2, 0) is 11.3 Å². The number of nitrogens with one attached hydrogen (secondary N) is 1. The minimum absolute atomic E-state index is 0.0576. The van der Waals surface area contributed by atoms with Gasteiger partial charge in [-0.1, -0.05) is 18.2 Å². The number of nitrogens with zero attached hydrogens (tertiary/aromatic N) is 2. The van der Waals surface area contributed by atoms with Crippen LogP contribution in [0.5, 0.6) is 0 Å². The monoisotopic (exact) mass is 319 g/mol. The van der Waals surface area contributed by atoms with E-state index in [9.17, 15) is 14.0 Å². The molecule has 0 spiro atoms. The number of carbonyl (C=O) groups excluding carboxylic acids is 2. The quantitative estimate of drug-likeness (QED) is 0.924. The van der Waals surface area contributed by atoms with Gasteiger partial charge >= 0.3 is 6.03 Å². The molecule has 1 saturated carbocycles. The first-order valence-electron chi connectivity index (χ1n) is 8.12. The van der Waals surface area contributed by atoms with Crippen molar-refractivity contribution in [3.8, 4) is 0 Å². The van der Waals surface area contributed by atoms with Crippen molar-refractivity contribution in [3.63, 3.8) is 0 Å². The second kappa shape index (κ2) is 6.56. The van der Waals surface area contributed by atoms with E-state index in [1.807, 2.05) is 0 Å². The lowest BCUT2D eigenvalue weighted by atomic mass is 9.91. The second-order valence-electron chi connectivity index (χ2n) is 6.35. The third kappa shape index (κ3) is 3.30. The Morgan fingerprint density at radius 3 is 2.65 bits per heavy atom. The zero-order valence-corrected chi connectivity index (χ0v) is 13.3. The van der Waals surface area contributed by atoms with Gasteiger partial charge in [0.25, 0.3) is 0 Å². The van der Waals surface area contributed by atoms with E-state index in [1.54, 1.807) is 35.0 Å². The van der Waals surface area contributed by atoms with Crippen LogP contribution in [0.15, 0.2) is 24.3 Å². The van der Waals surface area contributed by atoms with Gasteiger partial charge in [-0.15, -0.1) is 0 Å². The number of likely N-dealkylation sites (N-methyl/N-ethyl adjacent to an activating group) is 1. The summed E-state index contributed by atoms with van der Waals surface area (Å²) in [6.45, 7) is 0.889. The summed E-state index contributed by atoms with van der Waals surface area (Å²) < 4.78 is 13.9. The molecule has 3 amide bonds. The third-order valence-electron chi connectivity index (χ3n) is 4.80. The molecule has 0 aromatic heterocycles. The van der Waals surface area contributed by atoms with Gasteiger partial charge in [0.2, 0.25) is 5.91 Å². The van der Waals surface area contributed by atoms with Crippen molar-refractivity contribution in [2.45, 2.75) is 44.3 Å². The third-order valence-corrected chi connectivity index (χ3v) is 4.80. The minimum Gasteiger partial charge on any atom is -0.344 e. The SMILES string of the molecule is CN1CC[C@H](NC(=O)N(Cc2ccccc2F)C2CCC2)C1=O. The first-order chi connectivity index (χ1) is 11.1. The highest BCUT2D eigenvalue weighted by Crippen LogP contribution is 2.27. The largest absolute Gasteiger partial charge is 0.344 e. The topological polar surface area (TPSA) is 52.7 Å². The molecule has 1 saturated heterocycles. The van der Waals surface area contributed by atoms with Crippen molar-refractivity contribution in [3.05, 3.63) is 35.6 Å². The predicted molar refractivity (Wildman–Crippen MR) is 84.2 cm³/mol. The van der Waals surface area contributed by atoms with Crippen LogP contribution in [0.1, 0.15) is 31.2 Å². The van der Waals surface area contributed by atoms with Gasteiger partial charge in [0, 0.05) is 25.2 Å². The Morgan fingerprint density at radius 2 is 2.09 bits per heavy atom. The molecule has 23 heavy (non-hydrogen) atoms. The van der Waals surface area contributed by atoms with Crippen LogP contribution in [0, 0.1) is 5.82 Å². The summed E-state index contributed by atoms with van der Waals surface area (Å²) in [5, 5.41) is 2.82. The molecular formula is C17H22FN3O2. The summed E-state index contributed by atoms with van der Waals surface area (Å²) in [5.74, 6) is -0.362. The van der Waals surface area contributed by atoms with E-state index in [-0.39, 0.29) is 30.3 Å². The summed E-state index contributed by atoms with van der Waals surface area (Å²) in [6, 6.07) is 5.90. The molecule has 1 N–H and O–H groups in total. The minimum atomic E-state index is -0.462. The average molecular weight is 319 g/mol. The van der Waals surface area contributed by atoms with Crippen molar-refractivity contribution in [1.29, 1.82) is 0 Å². The number of likely N-dealkylation sites (tertiary alicyclic amines) is 1. The van der Waals surface area contributed by atoms with Crippen molar-refractivity contribution in [2.24, 2.45) is 0 Å². The Balaban J connectivity index is 1.70. The average Bonchev–Trinajstić information content (AvgIpc) is 2.79. The predicted octanol–water partition coefficient (Wildman–Crippen LogP) is 2.12. The molecule has 6 heteroatoms. The number of hydrogen-bond donors (Lipinski definition) is 1. The van der Waals surface area contributed by atoms with Crippen molar-refractivity contribution in [2.75, 3.05) is 13.6 Å². The van der Waals surface area contributed by atoms with E-state index in [2.05, 4.69) is 5.32 Å². The Bertz CT molecular complexity index is 603. The molecule has 3 rings (SSSR count). The molecule has 1 aromatic rings. The van der Waals surface area contributed by atoms with Gasteiger partial charge < -0.3 is 15.1 Å². The van der Waals surface area contributed by atoms with Crippen LogP contribution in [0.25, 0.3) is 0 Å². The molecule has 1 aliphatic carbocycles. The lowest BCUT2D eigenvalue weighted by Crippen LogP contribution is -2.52. The number of halogens is 1. The lowest BCUT2D eigenvalue weighted by molar-refractivity contribution is -0.128. The molecule has 1 atom stereocenters. The fourth-order valence-electron chi connectivity index (χ4n) is 3.06. The van der Waals surface area contributed by atoms with E-state index < -0.39 is 6.04 Å². The normalized spacial score (nSPS) is 21.2. The fraction of sp³-hybridized carbons (Fsp3) is 0.529. The zero-order valence-electron chi connectivity index (χ0n) is 13.3. The van der Waals surface area contributed by atoms with Gasteiger partial charge in [0.15, 0.2) is 0 Å². The van der Waals surface area contributed by atoms with Crippen molar-refractivity contribution < 1.29 is 14.0 Å². The number of benzene rings is 1. The summed E-state index contributed by atoms with van der Waals surface area (Å²) in [7, 11) is 1.73. The maximum Gasteiger partial charge on any atom is 0.318 e. The first kappa shape index (κ1) is 15.8. The highest BCUT2D eigenvalue weighted by molar-refractivity contribution is 5.88. The van der Waals surface area contributed by atoms with E-state index >= 15 is 0 Å². The molecule has 5 nitrogen and oxygen atoms in total. The number of hydrogen-bond acceptors (Lipinski definition) is 2. The summed E-state index contributed by atoms with van der Waals surface area (Å²) in [4.78, 5) is 27.9. The molecule has 124 valence electrons. The number of urea groups is 1. The smallest absolute Gasteiger partial charge is 0.318 e. The fourth-order valence-corrected chi connectivity index (χ4v) is 3.06. The van der Waals surface area contributed by atoms with E-state index in [0.29, 0.717) is 18.5 Å². The van der Waals surface area contributed by atoms with Crippen molar-refractivity contribution in [1.82, 2.24) is 15.1 Å². The van der Waals surface area contributed by atoms with E-state index in [0.717, 1.165) is 19.3 Å². The van der Waals surface area contributed by atoms with E-state index in [4.69, 9.17) is 0 Å². The summed E-state index contributed by atoms with van der Waals surface area (Å²) in [5.41, 5.74) is 0.504. The number of amides is 3.